The van der Waals surface area contributed by atoms with Gasteiger partial charge in [0.25, 0.3) is 5.56 Å². The molecule has 0 atom stereocenters. The molecule has 0 aliphatic rings. The summed E-state index contributed by atoms with van der Waals surface area (Å²) in [5.41, 5.74) is 0.214. The minimum Gasteiger partial charge on any atom is -0.360 e. The molecular formula is C17H18ClN5O3. The minimum atomic E-state index is -0.353. The van der Waals surface area contributed by atoms with Gasteiger partial charge in [-0.1, -0.05) is 23.7 Å². The third kappa shape index (κ3) is 4.02. The van der Waals surface area contributed by atoms with Crippen LogP contribution in [-0.2, 0) is 6.54 Å². The number of carbonyl (C=O) groups excluding carboxylic acids is 1. The molecule has 0 fully saturated rings. The van der Waals surface area contributed by atoms with Gasteiger partial charge in [0.2, 0.25) is 0 Å². The van der Waals surface area contributed by atoms with Crippen molar-refractivity contribution in [2.45, 2.75) is 26.8 Å². The van der Waals surface area contributed by atoms with Gasteiger partial charge in [-0.2, -0.15) is 0 Å². The van der Waals surface area contributed by atoms with E-state index in [1.165, 1.54) is 0 Å². The molecule has 0 saturated heterocycles. The quantitative estimate of drug-likeness (QED) is 0.711. The number of rotatable bonds is 5. The molecule has 0 bridgehead atoms. The number of urea groups is 1. The maximum atomic E-state index is 12.5. The standard InChI is InChI=1S/C17H18ClN5O3/c1-3-6-23(17(25)21-14-7-10(2)26-22-14)9-15-19-13-8-11(18)4-5-12(13)16(24)20-15/h4-5,7-8H,3,6,9H2,1-2H3,(H,19,20,24)(H,21,22,25). The topological polar surface area (TPSA) is 104 Å². The molecule has 0 saturated carbocycles. The number of halogens is 1. The zero-order valence-electron chi connectivity index (χ0n) is 14.4. The number of hydrogen-bond acceptors (Lipinski definition) is 5. The van der Waals surface area contributed by atoms with Crippen molar-refractivity contribution in [1.29, 1.82) is 0 Å². The summed E-state index contributed by atoms with van der Waals surface area (Å²) in [6, 6.07) is 6.15. The number of nitrogens with zero attached hydrogens (tertiary/aromatic N) is 3. The molecule has 2 amide bonds. The SMILES string of the molecule is CCCN(Cc1nc2cc(Cl)ccc2c(=O)[nH]1)C(=O)Nc1cc(C)on1. The van der Waals surface area contributed by atoms with Gasteiger partial charge in [0.1, 0.15) is 11.6 Å². The first-order valence-corrected chi connectivity index (χ1v) is 8.51. The van der Waals surface area contributed by atoms with Gasteiger partial charge in [0, 0.05) is 17.6 Å². The second kappa shape index (κ2) is 7.57. The summed E-state index contributed by atoms with van der Waals surface area (Å²) < 4.78 is 4.94. The minimum absolute atomic E-state index is 0.147. The van der Waals surface area contributed by atoms with E-state index in [2.05, 4.69) is 20.4 Å². The highest BCUT2D eigenvalue weighted by Gasteiger charge is 2.17. The van der Waals surface area contributed by atoms with Crippen LogP contribution < -0.4 is 10.9 Å². The maximum absolute atomic E-state index is 12.5. The van der Waals surface area contributed by atoms with Crippen molar-refractivity contribution in [3.05, 3.63) is 51.2 Å². The van der Waals surface area contributed by atoms with E-state index in [1.54, 1.807) is 36.1 Å². The monoisotopic (exact) mass is 375 g/mol. The fourth-order valence-electron chi connectivity index (χ4n) is 2.55. The van der Waals surface area contributed by atoms with E-state index in [-0.39, 0.29) is 18.1 Å². The van der Waals surface area contributed by atoms with Gasteiger partial charge in [0.05, 0.1) is 17.4 Å². The first-order chi connectivity index (χ1) is 12.5. The number of H-pyrrole nitrogens is 1. The second-order valence-electron chi connectivity index (χ2n) is 5.85. The van der Waals surface area contributed by atoms with E-state index in [1.807, 2.05) is 6.92 Å². The van der Waals surface area contributed by atoms with Crippen LogP contribution in [0.4, 0.5) is 10.6 Å². The molecule has 3 rings (SSSR count). The van der Waals surface area contributed by atoms with Gasteiger partial charge in [0.15, 0.2) is 5.82 Å². The average Bonchev–Trinajstić information content (AvgIpc) is 2.99. The number of benzene rings is 1. The summed E-state index contributed by atoms with van der Waals surface area (Å²) in [6.45, 7) is 4.33. The zero-order chi connectivity index (χ0) is 18.7. The van der Waals surface area contributed by atoms with Crippen LogP contribution in [0.2, 0.25) is 5.02 Å². The molecule has 2 heterocycles. The fourth-order valence-corrected chi connectivity index (χ4v) is 2.72. The molecule has 0 aliphatic carbocycles. The third-order valence-corrected chi connectivity index (χ3v) is 3.94. The molecule has 0 aliphatic heterocycles. The molecule has 1 aromatic carbocycles. The predicted octanol–water partition coefficient (Wildman–Crippen LogP) is 3.32. The van der Waals surface area contributed by atoms with Gasteiger partial charge < -0.3 is 14.4 Å². The lowest BCUT2D eigenvalue weighted by molar-refractivity contribution is 0.207. The second-order valence-corrected chi connectivity index (χ2v) is 6.29. The van der Waals surface area contributed by atoms with Gasteiger partial charge in [-0.25, -0.2) is 9.78 Å². The van der Waals surface area contributed by atoms with Crippen LogP contribution in [0.1, 0.15) is 24.9 Å². The molecule has 0 radical (unpaired) electrons. The van der Waals surface area contributed by atoms with Crippen LogP contribution >= 0.6 is 11.6 Å². The number of aromatic amines is 1. The Bertz CT molecular complexity index is 997. The number of anilines is 1. The highest BCUT2D eigenvalue weighted by atomic mass is 35.5. The average molecular weight is 376 g/mol. The van der Waals surface area contributed by atoms with Crippen LogP contribution in [0.5, 0.6) is 0 Å². The molecule has 3 aromatic rings. The summed E-state index contributed by atoms with van der Waals surface area (Å²) in [6.07, 6.45) is 0.745. The lowest BCUT2D eigenvalue weighted by atomic mass is 10.2. The van der Waals surface area contributed by atoms with E-state index in [0.29, 0.717) is 39.9 Å². The Morgan fingerprint density at radius 3 is 2.88 bits per heavy atom. The summed E-state index contributed by atoms with van der Waals surface area (Å²) in [4.78, 5) is 33.4. The van der Waals surface area contributed by atoms with Crippen LogP contribution in [0.15, 0.2) is 33.6 Å². The van der Waals surface area contributed by atoms with Crippen LogP contribution in [0, 0.1) is 6.92 Å². The van der Waals surface area contributed by atoms with E-state index < -0.39 is 0 Å². The van der Waals surface area contributed by atoms with Crippen molar-refractivity contribution >= 4 is 34.4 Å². The molecule has 0 unspecified atom stereocenters. The smallest absolute Gasteiger partial charge is 0.323 e. The first-order valence-electron chi connectivity index (χ1n) is 8.14. The van der Waals surface area contributed by atoms with E-state index in [0.717, 1.165) is 6.42 Å². The van der Waals surface area contributed by atoms with Gasteiger partial charge in [-0.15, -0.1) is 0 Å². The number of aryl methyl sites for hydroxylation is 1. The summed E-state index contributed by atoms with van der Waals surface area (Å²) in [7, 11) is 0. The molecule has 2 aromatic heterocycles. The highest BCUT2D eigenvalue weighted by Crippen LogP contribution is 2.15. The van der Waals surface area contributed by atoms with Crippen molar-refractivity contribution in [2.75, 3.05) is 11.9 Å². The van der Waals surface area contributed by atoms with Crippen LogP contribution in [0.25, 0.3) is 10.9 Å². The Morgan fingerprint density at radius 1 is 1.38 bits per heavy atom. The molecular weight excluding hydrogens is 358 g/mol. The Hall–Kier alpha value is -2.87. The number of nitrogens with one attached hydrogen (secondary N) is 2. The Labute approximate surface area is 154 Å². The number of hydrogen-bond donors (Lipinski definition) is 2. The number of carbonyl (C=O) groups is 1. The van der Waals surface area contributed by atoms with Gasteiger partial charge in [-0.05, 0) is 31.5 Å². The van der Waals surface area contributed by atoms with Gasteiger partial charge in [-0.3, -0.25) is 10.1 Å². The van der Waals surface area contributed by atoms with Crippen LogP contribution in [0.3, 0.4) is 0 Å². The van der Waals surface area contributed by atoms with Gasteiger partial charge >= 0.3 is 6.03 Å². The normalized spacial score (nSPS) is 10.9. The molecule has 9 heteroatoms. The zero-order valence-corrected chi connectivity index (χ0v) is 15.1. The molecule has 26 heavy (non-hydrogen) atoms. The third-order valence-electron chi connectivity index (χ3n) is 3.70. The Morgan fingerprint density at radius 2 is 2.19 bits per heavy atom. The molecule has 0 spiro atoms. The lowest BCUT2D eigenvalue weighted by Crippen LogP contribution is -2.36. The molecule has 136 valence electrons. The lowest BCUT2D eigenvalue weighted by Gasteiger charge is -2.21. The predicted molar refractivity (Wildman–Crippen MR) is 98.3 cm³/mol. The summed E-state index contributed by atoms with van der Waals surface area (Å²) in [5, 5.41) is 7.36. The van der Waals surface area contributed by atoms with Crippen molar-refractivity contribution < 1.29 is 9.32 Å². The summed E-state index contributed by atoms with van der Waals surface area (Å²) in [5.74, 6) is 1.31. The first kappa shape index (κ1) is 17.9. The van der Waals surface area contributed by atoms with Crippen LogP contribution in [-0.4, -0.2) is 32.6 Å². The van der Waals surface area contributed by atoms with E-state index in [9.17, 15) is 9.59 Å². The van der Waals surface area contributed by atoms with Crippen molar-refractivity contribution in [1.82, 2.24) is 20.0 Å². The van der Waals surface area contributed by atoms with Crippen molar-refractivity contribution in [3.63, 3.8) is 0 Å². The molecule has 8 nitrogen and oxygen atoms in total. The number of amides is 2. The Balaban J connectivity index is 1.84. The fraction of sp³-hybridized carbons (Fsp3) is 0.294. The number of aromatic nitrogens is 3. The highest BCUT2D eigenvalue weighted by molar-refractivity contribution is 6.31. The van der Waals surface area contributed by atoms with Crippen molar-refractivity contribution in [3.8, 4) is 0 Å². The molecule has 2 N–H and O–H groups in total. The summed E-state index contributed by atoms with van der Waals surface area (Å²) >= 11 is 5.98. The Kier molecular flexibility index (Phi) is 5.22. The maximum Gasteiger partial charge on any atom is 0.323 e. The number of fused-ring (bicyclic) bond motifs is 1. The van der Waals surface area contributed by atoms with Crippen molar-refractivity contribution in [2.24, 2.45) is 0 Å². The van der Waals surface area contributed by atoms with E-state index >= 15 is 0 Å². The van der Waals surface area contributed by atoms with E-state index in [4.69, 9.17) is 16.1 Å². The largest absolute Gasteiger partial charge is 0.360 e.